The van der Waals surface area contributed by atoms with Crippen LogP contribution < -0.4 is 16.6 Å². The van der Waals surface area contributed by atoms with E-state index >= 15 is 0 Å². The Morgan fingerprint density at radius 3 is 2.42 bits per heavy atom. The molecule has 0 bridgehead atoms. The molecule has 1 heterocycles. The first kappa shape index (κ1) is 26.5. The summed E-state index contributed by atoms with van der Waals surface area (Å²) in [5.41, 5.74) is 3.48. The average Bonchev–Trinajstić information content (AvgIpc) is 3.26. The van der Waals surface area contributed by atoms with Crippen molar-refractivity contribution in [1.29, 1.82) is 0 Å². The maximum atomic E-state index is 13.0. The lowest BCUT2D eigenvalue weighted by molar-refractivity contribution is -0.147. The van der Waals surface area contributed by atoms with Crippen LogP contribution in [0.2, 0.25) is 0 Å². The molecule has 2 rings (SSSR count). The molecule has 2 aromatic rings. The lowest BCUT2D eigenvalue weighted by Crippen LogP contribution is -2.42. The second-order valence-electron chi connectivity index (χ2n) is 8.65. The van der Waals surface area contributed by atoms with Crippen LogP contribution in [-0.2, 0) is 20.7 Å². The lowest BCUT2D eigenvalue weighted by atomic mass is 9.95. The first-order valence-corrected chi connectivity index (χ1v) is 12.0. The van der Waals surface area contributed by atoms with Crippen LogP contribution in [0.1, 0.15) is 74.1 Å². The summed E-state index contributed by atoms with van der Waals surface area (Å²) in [4.78, 5) is 40.9. The van der Waals surface area contributed by atoms with Crippen LogP contribution in [0.5, 0.6) is 0 Å². The Kier molecular flexibility index (Phi) is 10.5. The number of ether oxygens (including phenoxy) is 1. The Balaban J connectivity index is 2.14. The minimum Gasteiger partial charge on any atom is -0.455 e. The predicted octanol–water partition coefficient (Wildman–Crippen LogP) is 3.54. The highest BCUT2D eigenvalue weighted by atomic mass is 32.1. The number of esters is 1. The van der Waals surface area contributed by atoms with Gasteiger partial charge in [-0.1, -0.05) is 51.1 Å². The Hall–Kier alpha value is -2.78. The van der Waals surface area contributed by atoms with E-state index < -0.39 is 6.10 Å². The highest BCUT2D eigenvalue weighted by molar-refractivity contribution is 7.09. The second kappa shape index (κ2) is 13.1. The smallest absolute Gasteiger partial charge is 0.303 e. The summed E-state index contributed by atoms with van der Waals surface area (Å²) in [6, 6.07) is 9.46. The molecule has 0 spiro atoms. The number of thiazole rings is 1. The number of hydrazine groups is 1. The molecule has 1 aromatic heterocycles. The predicted molar refractivity (Wildman–Crippen MR) is 128 cm³/mol. The molecule has 0 fully saturated rings. The molecule has 9 heteroatoms. The SMILES string of the molecule is CC(=O)OC(CCC(C)C)c1nc(C(=O)N[C@@H](Cc2ccccc2)C[C@H](C)C(=O)NN)cs1. The third kappa shape index (κ3) is 8.94. The molecule has 33 heavy (non-hydrogen) atoms. The van der Waals surface area contributed by atoms with E-state index in [9.17, 15) is 14.4 Å². The molecule has 3 atom stereocenters. The molecule has 0 saturated heterocycles. The Bertz CT molecular complexity index is 916. The zero-order valence-corrected chi connectivity index (χ0v) is 20.5. The standard InChI is InChI=1S/C24H34N4O4S/c1-15(2)10-11-21(32-17(4)29)24-27-20(14-33-24)23(31)26-19(12-16(3)22(30)28-25)13-18-8-6-5-7-9-18/h5-9,14-16,19,21H,10-13,25H2,1-4H3,(H,26,31)(H,28,30)/t16-,19+,21?/m0/s1. The van der Waals surface area contributed by atoms with Gasteiger partial charge in [-0.3, -0.25) is 19.8 Å². The molecule has 0 aliphatic heterocycles. The van der Waals surface area contributed by atoms with Crippen molar-refractivity contribution in [3.63, 3.8) is 0 Å². The Morgan fingerprint density at radius 2 is 1.82 bits per heavy atom. The molecule has 0 saturated carbocycles. The number of nitrogens with one attached hydrogen (secondary N) is 2. The molecule has 0 aliphatic carbocycles. The Morgan fingerprint density at radius 1 is 1.12 bits per heavy atom. The van der Waals surface area contributed by atoms with Crippen molar-refractivity contribution in [3.05, 3.63) is 52.0 Å². The van der Waals surface area contributed by atoms with Crippen LogP contribution >= 0.6 is 11.3 Å². The number of carbonyl (C=O) groups is 3. The van der Waals surface area contributed by atoms with Gasteiger partial charge >= 0.3 is 5.97 Å². The summed E-state index contributed by atoms with van der Waals surface area (Å²) in [7, 11) is 0. The molecular formula is C24H34N4O4S. The molecule has 0 aliphatic rings. The van der Waals surface area contributed by atoms with Gasteiger partial charge in [0.1, 0.15) is 10.7 Å². The fourth-order valence-corrected chi connectivity index (χ4v) is 4.35. The van der Waals surface area contributed by atoms with Gasteiger partial charge in [0.05, 0.1) is 0 Å². The van der Waals surface area contributed by atoms with E-state index in [0.29, 0.717) is 30.2 Å². The van der Waals surface area contributed by atoms with E-state index in [4.69, 9.17) is 10.6 Å². The third-order valence-electron chi connectivity index (χ3n) is 5.23. The van der Waals surface area contributed by atoms with E-state index in [0.717, 1.165) is 12.0 Å². The number of benzene rings is 1. The van der Waals surface area contributed by atoms with Gasteiger partial charge in [-0.05, 0) is 37.2 Å². The fourth-order valence-electron chi connectivity index (χ4n) is 3.48. The molecule has 8 nitrogen and oxygen atoms in total. The number of hydrogen-bond donors (Lipinski definition) is 3. The van der Waals surface area contributed by atoms with E-state index in [1.165, 1.54) is 18.3 Å². The topological polar surface area (TPSA) is 123 Å². The summed E-state index contributed by atoms with van der Waals surface area (Å²) in [5, 5.41) is 5.29. The van der Waals surface area contributed by atoms with Crippen molar-refractivity contribution in [2.45, 2.75) is 65.5 Å². The summed E-state index contributed by atoms with van der Waals surface area (Å²) in [5.74, 6) is 4.36. The molecule has 1 unspecified atom stereocenters. The van der Waals surface area contributed by atoms with Crippen LogP contribution in [0.3, 0.4) is 0 Å². The van der Waals surface area contributed by atoms with E-state index in [2.05, 4.69) is 29.6 Å². The first-order chi connectivity index (χ1) is 15.7. The largest absolute Gasteiger partial charge is 0.455 e. The average molecular weight is 475 g/mol. The minimum absolute atomic E-state index is 0.269. The van der Waals surface area contributed by atoms with Crippen LogP contribution in [0.4, 0.5) is 0 Å². The monoisotopic (exact) mass is 474 g/mol. The van der Waals surface area contributed by atoms with Gasteiger partial charge in [0.25, 0.3) is 5.91 Å². The number of carbonyl (C=O) groups excluding carboxylic acids is 3. The fraction of sp³-hybridized carbons (Fsp3) is 0.500. The molecule has 1 aromatic carbocycles. The number of aromatic nitrogens is 1. The van der Waals surface area contributed by atoms with Crippen molar-refractivity contribution < 1.29 is 19.1 Å². The minimum atomic E-state index is -0.468. The highest BCUT2D eigenvalue weighted by Crippen LogP contribution is 2.28. The van der Waals surface area contributed by atoms with Crippen LogP contribution in [0, 0.1) is 11.8 Å². The van der Waals surface area contributed by atoms with Gasteiger partial charge in [-0.15, -0.1) is 11.3 Å². The summed E-state index contributed by atoms with van der Waals surface area (Å²) >= 11 is 1.30. The van der Waals surface area contributed by atoms with Gasteiger partial charge in [-0.25, -0.2) is 10.8 Å². The quantitative estimate of drug-likeness (QED) is 0.187. The molecule has 0 radical (unpaired) electrons. The summed E-state index contributed by atoms with van der Waals surface area (Å²) in [6.07, 6.45) is 2.04. The second-order valence-corrected chi connectivity index (χ2v) is 9.54. The van der Waals surface area contributed by atoms with Gasteiger partial charge in [0.2, 0.25) is 5.91 Å². The van der Waals surface area contributed by atoms with Crippen molar-refractivity contribution >= 4 is 29.1 Å². The van der Waals surface area contributed by atoms with Gasteiger partial charge in [0, 0.05) is 24.3 Å². The van der Waals surface area contributed by atoms with Gasteiger partial charge in [0.15, 0.2) is 6.10 Å². The maximum Gasteiger partial charge on any atom is 0.303 e. The number of amides is 2. The number of rotatable bonds is 12. The van der Waals surface area contributed by atoms with E-state index in [-0.39, 0.29) is 35.4 Å². The summed E-state index contributed by atoms with van der Waals surface area (Å²) in [6.45, 7) is 7.34. The lowest BCUT2D eigenvalue weighted by Gasteiger charge is -2.21. The van der Waals surface area contributed by atoms with Gasteiger partial charge < -0.3 is 10.1 Å². The Labute approximate surface area is 199 Å². The van der Waals surface area contributed by atoms with E-state index in [1.807, 2.05) is 30.3 Å². The molecule has 4 N–H and O–H groups in total. The maximum absolute atomic E-state index is 13.0. The van der Waals surface area contributed by atoms with Crippen molar-refractivity contribution in [2.75, 3.05) is 0 Å². The summed E-state index contributed by atoms with van der Waals surface area (Å²) < 4.78 is 5.45. The third-order valence-corrected chi connectivity index (χ3v) is 6.17. The zero-order valence-electron chi connectivity index (χ0n) is 19.7. The molecular weight excluding hydrogens is 440 g/mol. The zero-order chi connectivity index (χ0) is 24.4. The van der Waals surface area contributed by atoms with Crippen LogP contribution in [-0.4, -0.2) is 28.8 Å². The molecule has 2 amide bonds. The number of nitrogens with zero attached hydrogens (tertiary/aromatic N) is 1. The highest BCUT2D eigenvalue weighted by Gasteiger charge is 2.24. The first-order valence-electron chi connectivity index (χ1n) is 11.2. The van der Waals surface area contributed by atoms with Crippen molar-refractivity contribution in [2.24, 2.45) is 17.7 Å². The number of hydrogen-bond acceptors (Lipinski definition) is 7. The van der Waals surface area contributed by atoms with Crippen LogP contribution in [0.15, 0.2) is 35.7 Å². The number of nitrogens with two attached hydrogens (primary N) is 1. The van der Waals surface area contributed by atoms with Crippen molar-refractivity contribution in [1.82, 2.24) is 15.7 Å². The van der Waals surface area contributed by atoms with Crippen LogP contribution in [0.25, 0.3) is 0 Å². The van der Waals surface area contributed by atoms with E-state index in [1.54, 1.807) is 12.3 Å². The van der Waals surface area contributed by atoms with Gasteiger partial charge in [-0.2, -0.15) is 0 Å². The molecule has 180 valence electrons. The van der Waals surface area contributed by atoms with Crippen molar-refractivity contribution in [3.8, 4) is 0 Å². The normalized spacial score (nSPS) is 13.8.